The molecule has 1 aromatic heterocycles. The zero-order valence-corrected chi connectivity index (χ0v) is 12.4. The van der Waals surface area contributed by atoms with E-state index in [9.17, 15) is 9.59 Å². The lowest BCUT2D eigenvalue weighted by Gasteiger charge is -2.10. The average molecular weight is 313 g/mol. The Balaban J connectivity index is 0.00000200. The van der Waals surface area contributed by atoms with E-state index in [-0.39, 0.29) is 12.4 Å². The average Bonchev–Trinajstić information content (AvgIpc) is 2.90. The van der Waals surface area contributed by atoms with Crippen molar-refractivity contribution >= 4 is 35.6 Å². The van der Waals surface area contributed by atoms with Crippen LogP contribution in [-0.4, -0.2) is 21.1 Å². The summed E-state index contributed by atoms with van der Waals surface area (Å²) < 4.78 is 1.78. The van der Waals surface area contributed by atoms with Gasteiger partial charge in [0.1, 0.15) is 0 Å². The van der Waals surface area contributed by atoms with E-state index in [1.54, 1.807) is 54.5 Å². The molecule has 0 aliphatic heterocycles. The number of hydrogen-bond donors (Lipinski definition) is 0. The summed E-state index contributed by atoms with van der Waals surface area (Å²) in [6.07, 6.45) is 5.02. The second kappa shape index (κ2) is 7.22. The van der Waals surface area contributed by atoms with E-state index in [2.05, 4.69) is 4.98 Å². The van der Waals surface area contributed by atoms with Crippen LogP contribution in [0.2, 0.25) is 5.02 Å². The van der Waals surface area contributed by atoms with Crippen molar-refractivity contribution in [1.29, 1.82) is 0 Å². The molecule has 2 rings (SSSR count). The van der Waals surface area contributed by atoms with Crippen LogP contribution in [0, 0.1) is 5.92 Å². The summed E-state index contributed by atoms with van der Waals surface area (Å²) in [5.41, 5.74) is 0.367. The van der Waals surface area contributed by atoms with E-state index in [4.69, 9.17) is 11.6 Å². The van der Waals surface area contributed by atoms with Gasteiger partial charge in [-0.15, -0.1) is 12.4 Å². The van der Waals surface area contributed by atoms with E-state index in [1.807, 2.05) is 0 Å². The van der Waals surface area contributed by atoms with Gasteiger partial charge in [-0.25, -0.2) is 4.98 Å². The SMILES string of the molecule is CC(Cn1ccnc1)C(=O)C(=O)c1ccc(Cl)cc1.Cl. The fourth-order valence-corrected chi connectivity index (χ4v) is 1.89. The van der Waals surface area contributed by atoms with Gasteiger partial charge in [0.15, 0.2) is 0 Å². The molecule has 106 valence electrons. The number of nitrogens with zero attached hydrogens (tertiary/aromatic N) is 2. The van der Waals surface area contributed by atoms with Crippen LogP contribution in [0.1, 0.15) is 17.3 Å². The van der Waals surface area contributed by atoms with Gasteiger partial charge in [0.25, 0.3) is 0 Å². The van der Waals surface area contributed by atoms with Gasteiger partial charge in [-0.2, -0.15) is 0 Å². The Morgan fingerprint density at radius 2 is 1.95 bits per heavy atom. The predicted octanol–water partition coefficient (Wildman–Crippen LogP) is 3.05. The number of ketones is 2. The van der Waals surface area contributed by atoms with Gasteiger partial charge < -0.3 is 4.57 Å². The molecule has 0 N–H and O–H groups in total. The summed E-state index contributed by atoms with van der Waals surface area (Å²) in [5, 5.41) is 0.537. The predicted molar refractivity (Wildman–Crippen MR) is 79.4 cm³/mol. The number of rotatable bonds is 5. The minimum absolute atomic E-state index is 0. The van der Waals surface area contributed by atoms with Crippen LogP contribution >= 0.6 is 24.0 Å². The normalized spacial score (nSPS) is 11.5. The second-order valence-corrected chi connectivity index (χ2v) is 4.80. The number of carbonyl (C=O) groups is 2. The van der Waals surface area contributed by atoms with Gasteiger partial charge in [-0.05, 0) is 24.3 Å². The molecule has 0 saturated carbocycles. The molecule has 2 aromatic rings. The molecule has 1 aromatic carbocycles. The largest absolute Gasteiger partial charge is 0.337 e. The van der Waals surface area contributed by atoms with Gasteiger partial charge in [0.05, 0.1) is 6.33 Å². The van der Waals surface area contributed by atoms with Crippen LogP contribution in [0.4, 0.5) is 0 Å². The summed E-state index contributed by atoms with van der Waals surface area (Å²) in [6, 6.07) is 6.32. The van der Waals surface area contributed by atoms with E-state index in [1.165, 1.54) is 0 Å². The highest BCUT2D eigenvalue weighted by molar-refractivity contribution is 6.44. The van der Waals surface area contributed by atoms with Crippen molar-refractivity contribution in [3.63, 3.8) is 0 Å². The summed E-state index contributed by atoms with van der Waals surface area (Å²) in [6.45, 7) is 2.17. The molecule has 0 aliphatic carbocycles. The van der Waals surface area contributed by atoms with E-state index in [0.717, 1.165) is 0 Å². The third-order valence-electron chi connectivity index (χ3n) is 2.82. The molecule has 0 spiro atoms. The first-order valence-corrected chi connectivity index (χ1v) is 6.25. The Hall–Kier alpha value is -1.65. The van der Waals surface area contributed by atoms with Gasteiger partial charge in [0.2, 0.25) is 11.6 Å². The smallest absolute Gasteiger partial charge is 0.228 e. The lowest BCUT2D eigenvalue weighted by molar-refractivity contribution is -0.118. The summed E-state index contributed by atoms with van der Waals surface area (Å²) in [5.74, 6) is -1.28. The maximum Gasteiger partial charge on any atom is 0.228 e. The molecule has 20 heavy (non-hydrogen) atoms. The molecule has 0 amide bonds. The maximum absolute atomic E-state index is 12.0. The van der Waals surface area contributed by atoms with Gasteiger partial charge >= 0.3 is 0 Å². The quantitative estimate of drug-likeness (QED) is 0.630. The lowest BCUT2D eigenvalue weighted by Crippen LogP contribution is -2.25. The Morgan fingerprint density at radius 1 is 1.30 bits per heavy atom. The first-order chi connectivity index (χ1) is 9.08. The van der Waals surface area contributed by atoms with Crippen LogP contribution in [0.25, 0.3) is 0 Å². The fourth-order valence-electron chi connectivity index (χ4n) is 1.76. The van der Waals surface area contributed by atoms with Crippen LogP contribution in [0.5, 0.6) is 0 Å². The van der Waals surface area contributed by atoms with Gasteiger partial charge in [-0.1, -0.05) is 18.5 Å². The summed E-state index contributed by atoms with van der Waals surface area (Å²) in [4.78, 5) is 27.9. The lowest BCUT2D eigenvalue weighted by atomic mass is 9.98. The second-order valence-electron chi connectivity index (χ2n) is 4.36. The summed E-state index contributed by atoms with van der Waals surface area (Å²) in [7, 11) is 0. The summed E-state index contributed by atoms with van der Waals surface area (Å²) >= 11 is 5.75. The molecule has 0 saturated heterocycles. The molecule has 0 fully saturated rings. The number of imidazole rings is 1. The van der Waals surface area contributed by atoms with Crippen molar-refractivity contribution in [3.05, 3.63) is 53.6 Å². The van der Waals surface area contributed by atoms with Crippen LogP contribution in [0.3, 0.4) is 0 Å². The third kappa shape index (κ3) is 3.92. The minimum atomic E-state index is -0.482. The van der Waals surface area contributed by atoms with Crippen molar-refractivity contribution in [2.75, 3.05) is 0 Å². The first-order valence-electron chi connectivity index (χ1n) is 5.88. The third-order valence-corrected chi connectivity index (χ3v) is 3.07. The number of hydrogen-bond acceptors (Lipinski definition) is 3. The molecule has 1 heterocycles. The Labute approximate surface area is 128 Å². The van der Waals surface area contributed by atoms with Crippen molar-refractivity contribution in [3.8, 4) is 0 Å². The molecule has 0 bridgehead atoms. The number of aromatic nitrogens is 2. The number of carbonyl (C=O) groups excluding carboxylic acids is 2. The van der Waals surface area contributed by atoms with Crippen molar-refractivity contribution in [2.45, 2.75) is 13.5 Å². The number of Topliss-reactive ketones (excluding diaryl/α,β-unsaturated/α-hetero) is 2. The van der Waals surface area contributed by atoms with Crippen molar-refractivity contribution in [1.82, 2.24) is 9.55 Å². The Kier molecular flexibility index (Phi) is 5.92. The number of halogens is 2. The molecule has 0 aliphatic rings. The maximum atomic E-state index is 12.0. The van der Waals surface area contributed by atoms with Crippen molar-refractivity contribution in [2.24, 2.45) is 5.92 Å². The van der Waals surface area contributed by atoms with Crippen LogP contribution < -0.4 is 0 Å². The van der Waals surface area contributed by atoms with E-state index < -0.39 is 17.5 Å². The molecule has 4 nitrogen and oxygen atoms in total. The van der Waals surface area contributed by atoms with Crippen LogP contribution in [-0.2, 0) is 11.3 Å². The zero-order valence-electron chi connectivity index (χ0n) is 10.8. The van der Waals surface area contributed by atoms with Crippen LogP contribution in [0.15, 0.2) is 43.0 Å². The highest BCUT2D eigenvalue weighted by atomic mass is 35.5. The first kappa shape index (κ1) is 16.4. The van der Waals surface area contributed by atoms with Gasteiger partial charge in [0, 0.05) is 35.4 Å². The monoisotopic (exact) mass is 312 g/mol. The number of benzene rings is 1. The fraction of sp³-hybridized carbons (Fsp3) is 0.214. The van der Waals surface area contributed by atoms with Gasteiger partial charge in [-0.3, -0.25) is 9.59 Å². The molecule has 1 unspecified atom stereocenters. The minimum Gasteiger partial charge on any atom is -0.337 e. The highest BCUT2D eigenvalue weighted by Crippen LogP contribution is 2.13. The molecule has 6 heteroatoms. The standard InChI is InChI=1S/C14H13ClN2O2.ClH/c1-10(8-17-7-6-16-9-17)13(18)14(19)11-2-4-12(15)5-3-11;/h2-7,9-10H,8H2,1H3;1H. The Bertz CT molecular complexity index is 580. The zero-order chi connectivity index (χ0) is 13.8. The molecule has 0 radical (unpaired) electrons. The highest BCUT2D eigenvalue weighted by Gasteiger charge is 2.22. The van der Waals surface area contributed by atoms with Crippen molar-refractivity contribution < 1.29 is 9.59 Å². The van der Waals surface area contributed by atoms with E-state index in [0.29, 0.717) is 17.1 Å². The topological polar surface area (TPSA) is 52.0 Å². The Morgan fingerprint density at radius 3 is 2.50 bits per heavy atom. The molecular formula is C14H14Cl2N2O2. The molecule has 1 atom stereocenters. The molecular weight excluding hydrogens is 299 g/mol. The van der Waals surface area contributed by atoms with E-state index >= 15 is 0 Å².